The Kier molecular flexibility index (Phi) is 6.26. The number of ether oxygens (including phenoxy) is 1. The number of carbonyl (C=O) groups excluding carboxylic acids is 1. The van der Waals surface area contributed by atoms with Gasteiger partial charge in [-0.15, -0.1) is 0 Å². The fourth-order valence-corrected chi connectivity index (χ4v) is 4.46. The number of amides is 1. The minimum Gasteiger partial charge on any atom is -0.368 e. The zero-order valence-corrected chi connectivity index (χ0v) is 18.3. The molecule has 7 nitrogen and oxygen atoms in total. The van der Waals surface area contributed by atoms with E-state index < -0.39 is 0 Å². The van der Waals surface area contributed by atoms with Crippen molar-refractivity contribution in [2.24, 2.45) is 0 Å². The maximum atomic E-state index is 13.7. The molecule has 170 valence electrons. The third-order valence-corrected chi connectivity index (χ3v) is 6.12. The summed E-state index contributed by atoms with van der Waals surface area (Å²) in [6.07, 6.45) is 6.62. The van der Waals surface area contributed by atoms with Gasteiger partial charge in [-0.25, -0.2) is 14.4 Å². The van der Waals surface area contributed by atoms with Gasteiger partial charge >= 0.3 is 0 Å². The summed E-state index contributed by atoms with van der Waals surface area (Å²) in [4.78, 5) is 28.5. The Balaban J connectivity index is 1.44. The lowest BCUT2D eigenvalue weighted by molar-refractivity contribution is -0.142. The zero-order valence-electron chi connectivity index (χ0n) is 18.3. The molecule has 5 rings (SSSR count). The molecule has 1 amide bonds. The lowest BCUT2D eigenvalue weighted by Crippen LogP contribution is -2.44. The van der Waals surface area contributed by atoms with Crippen molar-refractivity contribution < 1.29 is 13.9 Å². The van der Waals surface area contributed by atoms with Crippen molar-refractivity contribution in [3.05, 3.63) is 66.5 Å². The molecule has 8 heteroatoms. The van der Waals surface area contributed by atoms with Crippen molar-refractivity contribution in [2.75, 3.05) is 25.0 Å². The van der Waals surface area contributed by atoms with Gasteiger partial charge in [0.05, 0.1) is 5.69 Å². The van der Waals surface area contributed by atoms with Gasteiger partial charge in [-0.1, -0.05) is 6.07 Å². The van der Waals surface area contributed by atoms with E-state index in [9.17, 15) is 9.18 Å². The molecule has 2 aliphatic rings. The van der Waals surface area contributed by atoms with Crippen LogP contribution < -0.4 is 5.32 Å². The molecule has 2 aliphatic heterocycles. The van der Waals surface area contributed by atoms with Crippen molar-refractivity contribution in [1.82, 2.24) is 19.9 Å². The van der Waals surface area contributed by atoms with Crippen molar-refractivity contribution >= 4 is 17.4 Å². The molecule has 1 N–H and O–H groups in total. The van der Waals surface area contributed by atoms with Crippen LogP contribution in [0, 0.1) is 5.82 Å². The van der Waals surface area contributed by atoms with Crippen molar-refractivity contribution in [3.63, 3.8) is 0 Å². The van der Waals surface area contributed by atoms with E-state index in [1.807, 2.05) is 23.1 Å². The lowest BCUT2D eigenvalue weighted by atomic mass is 9.96. The third kappa shape index (κ3) is 5.01. The predicted molar refractivity (Wildman–Crippen MR) is 122 cm³/mol. The van der Waals surface area contributed by atoms with Gasteiger partial charge in [-0.2, -0.15) is 0 Å². The van der Waals surface area contributed by atoms with Gasteiger partial charge < -0.3 is 15.0 Å². The molecule has 3 aromatic rings. The Hall–Kier alpha value is -3.39. The van der Waals surface area contributed by atoms with E-state index in [1.165, 1.54) is 12.1 Å². The summed E-state index contributed by atoms with van der Waals surface area (Å²) in [7, 11) is 0. The first-order chi connectivity index (χ1) is 16.2. The summed E-state index contributed by atoms with van der Waals surface area (Å²) < 4.78 is 19.3. The topological polar surface area (TPSA) is 80.2 Å². The number of likely N-dealkylation sites (tertiary alicyclic amines) is 1. The number of nitrogens with zero attached hydrogens (tertiary/aromatic N) is 4. The number of benzene rings is 1. The highest BCUT2D eigenvalue weighted by Gasteiger charge is 2.33. The molecule has 0 bridgehead atoms. The van der Waals surface area contributed by atoms with E-state index in [0.29, 0.717) is 30.5 Å². The lowest BCUT2D eigenvalue weighted by Gasteiger charge is -2.33. The fraction of sp³-hybridized carbons (Fsp3) is 0.360. The second-order valence-corrected chi connectivity index (χ2v) is 8.49. The highest BCUT2D eigenvalue weighted by Crippen LogP contribution is 2.30. The maximum absolute atomic E-state index is 13.7. The SMILES string of the molecule is O=C([C@H]1CCCO1)N1CCC[C@@H](c2nc(Nc3cccc(F)c3)cc(-c3ccncc3)n2)C1. The van der Waals surface area contributed by atoms with Gasteiger partial charge in [-0.05, 0) is 56.0 Å². The van der Waals surface area contributed by atoms with Crippen LogP contribution in [0.2, 0.25) is 0 Å². The molecule has 0 spiro atoms. The monoisotopic (exact) mass is 447 g/mol. The van der Waals surface area contributed by atoms with E-state index in [0.717, 1.165) is 43.5 Å². The highest BCUT2D eigenvalue weighted by atomic mass is 19.1. The first-order valence-electron chi connectivity index (χ1n) is 11.4. The van der Waals surface area contributed by atoms with Crippen LogP contribution in [0.25, 0.3) is 11.3 Å². The van der Waals surface area contributed by atoms with Gasteiger partial charge in [0, 0.05) is 55.3 Å². The Bertz CT molecular complexity index is 1120. The quantitative estimate of drug-likeness (QED) is 0.628. The molecule has 0 aliphatic carbocycles. The van der Waals surface area contributed by atoms with Gasteiger partial charge in [0.25, 0.3) is 5.91 Å². The van der Waals surface area contributed by atoms with Crippen LogP contribution in [0.4, 0.5) is 15.9 Å². The standard InChI is InChI=1S/C25H26FN5O2/c26-19-5-1-6-20(14-19)28-23-15-21(17-8-10-27-11-9-17)29-24(30-23)18-4-2-12-31(16-18)25(32)22-7-3-13-33-22/h1,5-6,8-11,14-15,18,22H,2-4,7,12-13,16H2,(H,28,29,30)/t18-,22-/m1/s1. The molecular formula is C25H26FN5O2. The van der Waals surface area contributed by atoms with Crippen LogP contribution in [-0.2, 0) is 9.53 Å². The molecule has 2 fully saturated rings. The number of halogens is 1. The van der Waals surface area contributed by atoms with E-state index >= 15 is 0 Å². The minimum absolute atomic E-state index is 0.0129. The molecular weight excluding hydrogens is 421 g/mol. The van der Waals surface area contributed by atoms with Crippen LogP contribution in [0.5, 0.6) is 0 Å². The number of rotatable bonds is 5. The van der Waals surface area contributed by atoms with Crippen molar-refractivity contribution in [1.29, 1.82) is 0 Å². The van der Waals surface area contributed by atoms with E-state index in [-0.39, 0.29) is 23.7 Å². The number of hydrogen-bond acceptors (Lipinski definition) is 6. The third-order valence-electron chi connectivity index (χ3n) is 6.12. The van der Waals surface area contributed by atoms with E-state index in [2.05, 4.69) is 10.3 Å². The predicted octanol–water partition coefficient (Wildman–Crippen LogP) is 4.31. The molecule has 0 radical (unpaired) electrons. The smallest absolute Gasteiger partial charge is 0.251 e. The number of piperidine rings is 1. The van der Waals surface area contributed by atoms with Crippen molar-refractivity contribution in [2.45, 2.75) is 37.7 Å². The van der Waals surface area contributed by atoms with Crippen LogP contribution in [0.1, 0.15) is 37.4 Å². The number of nitrogens with one attached hydrogen (secondary N) is 1. The average molecular weight is 448 g/mol. The van der Waals surface area contributed by atoms with Gasteiger partial charge in [0.2, 0.25) is 0 Å². The number of carbonyl (C=O) groups is 1. The van der Waals surface area contributed by atoms with Crippen LogP contribution >= 0.6 is 0 Å². The van der Waals surface area contributed by atoms with Gasteiger partial charge in [-0.3, -0.25) is 9.78 Å². The minimum atomic E-state index is -0.321. The van der Waals surface area contributed by atoms with Crippen LogP contribution in [0.3, 0.4) is 0 Å². The number of anilines is 2. The number of aromatic nitrogens is 3. The molecule has 4 heterocycles. The summed E-state index contributed by atoms with van der Waals surface area (Å²) in [5, 5.41) is 3.21. The average Bonchev–Trinajstić information content (AvgIpc) is 3.39. The van der Waals surface area contributed by atoms with Crippen molar-refractivity contribution in [3.8, 4) is 11.3 Å². The Morgan fingerprint density at radius 3 is 2.76 bits per heavy atom. The highest BCUT2D eigenvalue weighted by molar-refractivity contribution is 5.81. The van der Waals surface area contributed by atoms with Gasteiger partial charge in [0.1, 0.15) is 23.6 Å². The number of pyridine rings is 1. The fourth-order valence-electron chi connectivity index (χ4n) is 4.46. The Labute approximate surface area is 192 Å². The molecule has 2 saturated heterocycles. The Morgan fingerprint density at radius 1 is 1.09 bits per heavy atom. The Morgan fingerprint density at radius 2 is 1.97 bits per heavy atom. The molecule has 0 unspecified atom stereocenters. The molecule has 2 atom stereocenters. The second-order valence-electron chi connectivity index (χ2n) is 8.49. The normalized spacial score (nSPS) is 20.6. The van der Waals surface area contributed by atoms with E-state index in [1.54, 1.807) is 24.5 Å². The molecule has 1 aromatic carbocycles. The summed E-state index contributed by atoms with van der Waals surface area (Å²) in [5.41, 5.74) is 2.28. The molecule has 2 aromatic heterocycles. The maximum Gasteiger partial charge on any atom is 0.251 e. The summed E-state index contributed by atoms with van der Waals surface area (Å²) >= 11 is 0. The largest absolute Gasteiger partial charge is 0.368 e. The molecule has 33 heavy (non-hydrogen) atoms. The summed E-state index contributed by atoms with van der Waals surface area (Å²) in [5.74, 6) is 1.02. The summed E-state index contributed by atoms with van der Waals surface area (Å²) in [6.45, 7) is 1.95. The second kappa shape index (κ2) is 9.62. The summed E-state index contributed by atoms with van der Waals surface area (Å²) in [6, 6.07) is 11.9. The first kappa shape index (κ1) is 21.5. The van der Waals surface area contributed by atoms with Crippen LogP contribution in [-0.4, -0.2) is 51.6 Å². The molecule has 0 saturated carbocycles. The van der Waals surface area contributed by atoms with Gasteiger partial charge in [0.15, 0.2) is 0 Å². The zero-order chi connectivity index (χ0) is 22.6. The van der Waals surface area contributed by atoms with E-state index in [4.69, 9.17) is 14.7 Å². The van der Waals surface area contributed by atoms with Crippen LogP contribution in [0.15, 0.2) is 54.9 Å². The first-order valence-corrected chi connectivity index (χ1v) is 11.4. The number of hydrogen-bond donors (Lipinski definition) is 1.